The highest BCUT2D eigenvalue weighted by atomic mass is 28.3. The summed E-state index contributed by atoms with van der Waals surface area (Å²) in [6.45, 7) is 6.83. The van der Waals surface area contributed by atoms with Gasteiger partial charge in [-0.1, -0.05) is 415 Å². The molecule has 19 rings (SSSR count). The van der Waals surface area contributed by atoms with E-state index >= 15 is 0 Å². The molecule has 0 saturated carbocycles. The topological polar surface area (TPSA) is 6.48 Å². The van der Waals surface area contributed by atoms with E-state index in [0.717, 1.165) is 61.9 Å². The molecule has 0 amide bonds. The molecule has 17 aromatic carbocycles. The quantitative estimate of drug-likeness (QED) is 0.0703. The van der Waals surface area contributed by atoms with Crippen LogP contribution in [-0.4, -0.2) is 22.9 Å². The van der Waals surface area contributed by atoms with Gasteiger partial charge in [-0.3, -0.25) is 0 Å². The summed E-state index contributed by atoms with van der Waals surface area (Å²) >= 11 is 0. The van der Waals surface area contributed by atoms with E-state index in [1.165, 1.54) is 102 Å². The third-order valence-electron chi connectivity index (χ3n) is 23.3. The molecule has 5 heteroatoms. The molecule has 17 aromatic rings. The predicted molar refractivity (Wildman–Crippen MR) is 479 cm³/mol. The Morgan fingerprint density at radius 2 is 0.523 bits per heavy atom. The number of nitrogens with zero attached hydrogens (tertiary/aromatic N) is 2. The molecule has 0 aromatic heterocycles. The SMILES string of the molecule is CC(C)(C)c1ccc(N2c3ccc(-c4ccccc4)cc3B3c4ccccc4N(c4ccccc4-c4ccccc4)c4cc(-c5cc([Si](c6ccccc6)(c6ccccc6)c6cccc(-c7ccccc7)c6)cc([Si](c6ccccc6)(c6ccccc6)c6cccc(-c7ccccc7)c6)c5)cc2c43)c(-c2ccccc2)c1. The Hall–Kier alpha value is -13.2. The Morgan fingerprint density at radius 1 is 0.198 bits per heavy atom. The summed E-state index contributed by atoms with van der Waals surface area (Å²) in [5.41, 5.74) is 25.6. The minimum absolute atomic E-state index is 0.141. The lowest BCUT2D eigenvalue weighted by Crippen LogP contribution is -2.78. The Kier molecular flexibility index (Phi) is 17.7. The van der Waals surface area contributed by atoms with Crippen LogP contribution in [0, 0.1) is 0 Å². The lowest BCUT2D eigenvalue weighted by atomic mass is 9.33. The monoisotopic (exact) mass is 1450 g/mol. The zero-order valence-corrected chi connectivity index (χ0v) is 64.5. The van der Waals surface area contributed by atoms with Gasteiger partial charge in [-0.25, -0.2) is 0 Å². The highest BCUT2D eigenvalue weighted by Gasteiger charge is 2.49. The van der Waals surface area contributed by atoms with Crippen LogP contribution in [-0.2, 0) is 5.41 Å². The van der Waals surface area contributed by atoms with Crippen LogP contribution in [0.25, 0.3) is 66.8 Å². The standard InChI is InChI=1S/C106H81BN2Si2/c1-106(2,3)86-64-66-100(96(74-86)80-45-21-8-22-46-80)109-102-65-63-83(78-41-17-6-18-42-78)71-98(102)107-97-60-32-34-62-101(97)108(99-61-33-31-59-95(99)79-43-19-7-20-44-79)103-72-85(73-104(109)105(103)107)84-69-93(110(87-49-23-9-24-50-87,88-51-25-10-26-52-88)91-57-35-47-81(67-91)76-37-13-4-14-38-76)75-94(70-84)111(89-53-27-11-28-54-89,90-55-29-12-30-56-90)92-58-36-48-82(68-92)77-39-15-5-16-40-77/h4-75H,1-3H3. The van der Waals surface area contributed by atoms with Crippen LogP contribution in [0.3, 0.4) is 0 Å². The molecule has 0 fully saturated rings. The molecule has 111 heavy (non-hydrogen) atoms. The summed E-state index contributed by atoms with van der Waals surface area (Å²) in [6.07, 6.45) is 0. The fourth-order valence-electron chi connectivity index (χ4n) is 18.1. The van der Waals surface area contributed by atoms with Crippen molar-refractivity contribution in [3.8, 4) is 66.8 Å². The summed E-state index contributed by atoms with van der Waals surface area (Å²) in [5, 5.41) is 10.4. The Labute approximate surface area is 655 Å². The van der Waals surface area contributed by atoms with Crippen molar-refractivity contribution >= 4 is 115 Å². The largest absolute Gasteiger partial charge is 0.311 e. The lowest BCUT2D eigenvalue weighted by molar-refractivity contribution is 0.590. The van der Waals surface area contributed by atoms with Crippen molar-refractivity contribution in [1.29, 1.82) is 0 Å². The van der Waals surface area contributed by atoms with Crippen molar-refractivity contribution in [2.45, 2.75) is 26.2 Å². The van der Waals surface area contributed by atoms with Crippen LogP contribution < -0.4 is 67.7 Å². The molecule has 526 valence electrons. The number of hydrogen-bond acceptors (Lipinski definition) is 2. The van der Waals surface area contributed by atoms with Gasteiger partial charge in [-0.15, -0.1) is 0 Å². The van der Waals surface area contributed by atoms with Crippen LogP contribution in [0.4, 0.5) is 34.1 Å². The molecule has 0 unspecified atom stereocenters. The second-order valence-corrected chi connectivity index (χ2v) is 38.2. The van der Waals surface area contributed by atoms with Gasteiger partial charge >= 0.3 is 0 Å². The Morgan fingerprint density at radius 3 is 0.973 bits per heavy atom. The van der Waals surface area contributed by atoms with Gasteiger partial charge < -0.3 is 9.80 Å². The van der Waals surface area contributed by atoms with Crippen molar-refractivity contribution in [1.82, 2.24) is 0 Å². The molecule has 0 atom stereocenters. The zero-order valence-electron chi connectivity index (χ0n) is 62.5. The summed E-state index contributed by atoms with van der Waals surface area (Å²) in [5.74, 6) is 0. The number of fused-ring (bicyclic) bond motifs is 4. The molecule has 2 heterocycles. The fraction of sp³-hybridized carbons (Fsp3) is 0.0377. The number of para-hydroxylation sites is 2. The molecular weight excluding hydrogens is 1370 g/mol. The van der Waals surface area contributed by atoms with Gasteiger partial charge in [-0.05, 0) is 167 Å². The highest BCUT2D eigenvalue weighted by molar-refractivity contribution is 7.22. The van der Waals surface area contributed by atoms with Gasteiger partial charge in [0.1, 0.15) is 0 Å². The second-order valence-electron chi connectivity index (χ2n) is 30.6. The van der Waals surface area contributed by atoms with E-state index in [1.54, 1.807) is 0 Å². The first-order chi connectivity index (χ1) is 54.7. The maximum Gasteiger partial charge on any atom is 0.252 e. The summed E-state index contributed by atoms with van der Waals surface area (Å²) in [7, 11) is -7.05. The van der Waals surface area contributed by atoms with Crippen LogP contribution in [0.15, 0.2) is 437 Å². The third-order valence-corrected chi connectivity index (χ3v) is 32.7. The van der Waals surface area contributed by atoms with Crippen LogP contribution in [0.5, 0.6) is 0 Å². The highest BCUT2D eigenvalue weighted by Crippen LogP contribution is 2.50. The maximum absolute atomic E-state index is 3.53. The summed E-state index contributed by atoms with van der Waals surface area (Å²) < 4.78 is 0. The molecule has 0 aliphatic carbocycles. The van der Waals surface area contributed by atoms with E-state index in [2.05, 4.69) is 467 Å². The lowest BCUT2D eigenvalue weighted by Gasteiger charge is -2.45. The molecule has 0 saturated heterocycles. The minimum atomic E-state index is -3.53. The van der Waals surface area contributed by atoms with E-state index in [0.29, 0.717) is 0 Å². The first-order valence-electron chi connectivity index (χ1n) is 38.8. The van der Waals surface area contributed by atoms with Crippen molar-refractivity contribution in [2.24, 2.45) is 0 Å². The molecule has 0 N–H and O–H groups in total. The maximum atomic E-state index is 2.72. The van der Waals surface area contributed by atoms with Crippen LogP contribution in [0.2, 0.25) is 0 Å². The van der Waals surface area contributed by atoms with Crippen LogP contribution >= 0.6 is 0 Å². The molecular formula is C106H81BN2Si2. The first-order valence-corrected chi connectivity index (χ1v) is 42.8. The van der Waals surface area contributed by atoms with Gasteiger partial charge in [0.25, 0.3) is 6.71 Å². The van der Waals surface area contributed by atoms with Gasteiger partial charge in [0, 0.05) is 33.9 Å². The molecule has 2 aliphatic heterocycles. The summed E-state index contributed by atoms with van der Waals surface area (Å²) in [6, 6.07) is 167. The number of rotatable bonds is 16. The molecule has 0 spiro atoms. The van der Waals surface area contributed by atoms with E-state index in [1.807, 2.05) is 0 Å². The first kappa shape index (κ1) is 68.4. The average molecular weight is 1450 g/mol. The number of benzene rings is 17. The Balaban J connectivity index is 1.01. The van der Waals surface area contributed by atoms with E-state index in [9.17, 15) is 0 Å². The molecule has 0 bridgehead atoms. The van der Waals surface area contributed by atoms with Crippen LogP contribution in [0.1, 0.15) is 26.3 Å². The number of hydrogen-bond donors (Lipinski definition) is 0. The molecule has 0 radical (unpaired) electrons. The Bertz CT molecular complexity index is 5970. The van der Waals surface area contributed by atoms with Crippen molar-refractivity contribution in [2.75, 3.05) is 9.80 Å². The average Bonchev–Trinajstić information content (AvgIpc) is 0.700. The predicted octanol–water partition coefficient (Wildman–Crippen LogP) is 19.8. The van der Waals surface area contributed by atoms with E-state index in [-0.39, 0.29) is 12.1 Å². The van der Waals surface area contributed by atoms with Gasteiger partial charge in [0.2, 0.25) is 0 Å². The number of anilines is 6. The van der Waals surface area contributed by atoms with Crippen molar-refractivity contribution < 1.29 is 0 Å². The van der Waals surface area contributed by atoms with E-state index in [4.69, 9.17) is 0 Å². The smallest absolute Gasteiger partial charge is 0.252 e. The fourth-order valence-corrected chi connectivity index (χ4v) is 28.0. The van der Waals surface area contributed by atoms with Gasteiger partial charge in [0.05, 0.1) is 11.4 Å². The summed E-state index contributed by atoms with van der Waals surface area (Å²) in [4.78, 5) is 5.30. The van der Waals surface area contributed by atoms with Gasteiger partial charge in [0.15, 0.2) is 16.1 Å². The van der Waals surface area contributed by atoms with Gasteiger partial charge in [-0.2, -0.15) is 0 Å². The minimum Gasteiger partial charge on any atom is -0.311 e. The normalized spacial score (nSPS) is 12.4. The molecule has 2 nitrogen and oxygen atoms in total. The second kappa shape index (κ2) is 28.8. The zero-order chi connectivity index (χ0) is 74.5. The van der Waals surface area contributed by atoms with Crippen molar-refractivity contribution in [3.63, 3.8) is 0 Å². The third kappa shape index (κ3) is 12.1. The molecule has 2 aliphatic rings. The van der Waals surface area contributed by atoms with E-state index < -0.39 is 16.1 Å². The van der Waals surface area contributed by atoms with Crippen molar-refractivity contribution in [3.05, 3.63) is 442 Å².